The molecule has 0 unspecified atom stereocenters. The molecule has 2 atom stereocenters. The molecule has 162 valence electrons. The molecule has 14 heteroatoms. The number of fused-ring (bicyclic) bond motifs is 2. The monoisotopic (exact) mass is 434 g/mol. The minimum atomic E-state index is -0.347. The molecule has 0 saturated heterocycles. The first-order valence-corrected chi connectivity index (χ1v) is 9.88. The first-order chi connectivity index (χ1) is 15.5. The molecule has 0 N–H and O–H groups in total. The van der Waals surface area contributed by atoms with Gasteiger partial charge in [-0.3, -0.25) is 9.59 Å². The van der Waals surface area contributed by atoms with Crippen molar-refractivity contribution < 1.29 is 0 Å². The molecule has 0 spiro atoms. The summed E-state index contributed by atoms with van der Waals surface area (Å²) in [6.45, 7) is 4.35. The number of nitrogens with zero attached hydrogens (tertiary/aromatic N) is 12. The highest BCUT2D eigenvalue weighted by Gasteiger charge is 2.17. The summed E-state index contributed by atoms with van der Waals surface area (Å²) >= 11 is 0. The van der Waals surface area contributed by atoms with Gasteiger partial charge in [-0.1, -0.05) is 10.4 Å². The second-order valence-corrected chi connectivity index (χ2v) is 7.43. The summed E-state index contributed by atoms with van der Waals surface area (Å²) in [6, 6.07) is 2.38. The van der Waals surface area contributed by atoms with E-state index in [0.29, 0.717) is 34.9 Å². The topological polar surface area (TPSA) is 157 Å². The molecular weight excluding hydrogens is 416 g/mol. The molecule has 14 nitrogen and oxygen atoms in total. The Hall–Kier alpha value is -4.36. The third-order valence-corrected chi connectivity index (χ3v) is 5.11. The SMILES string of the molecule is C[C@H](Cn1nccn1)n1nnc2cc3c(=O)n([C@H](C)Cn4nccn4)nnc3cc2c1=O. The Morgan fingerprint density at radius 1 is 0.688 bits per heavy atom. The zero-order chi connectivity index (χ0) is 22.2. The molecule has 4 heterocycles. The quantitative estimate of drug-likeness (QED) is 0.322. The molecule has 32 heavy (non-hydrogen) atoms. The first kappa shape index (κ1) is 19.6. The van der Waals surface area contributed by atoms with Crippen molar-refractivity contribution in [1.82, 2.24) is 60.0 Å². The van der Waals surface area contributed by atoms with E-state index in [1.54, 1.807) is 24.8 Å². The van der Waals surface area contributed by atoms with Crippen LogP contribution in [0.1, 0.15) is 25.9 Å². The largest absolute Gasteiger partial charge is 0.277 e. The highest BCUT2D eigenvalue weighted by atomic mass is 16.1. The average Bonchev–Trinajstić information content (AvgIpc) is 3.48. The standard InChI is InChI=1S/C18H18N12O2/c1-11(9-27-19-3-4-20-27)29-17(31)13-7-16-14(8-15(13)23-25-29)18(32)30(26-24-16)12(2)10-28-21-5-6-22-28/h3-8,11-12H,9-10H2,1-2H3/t11-,12-/m1/s1. The zero-order valence-electron chi connectivity index (χ0n) is 17.2. The maximum atomic E-state index is 13.0. The van der Waals surface area contributed by atoms with Crippen molar-refractivity contribution in [2.45, 2.75) is 39.0 Å². The molecule has 0 aliphatic heterocycles. The van der Waals surface area contributed by atoms with Crippen LogP contribution < -0.4 is 11.1 Å². The molecule has 0 aliphatic carbocycles. The smallest absolute Gasteiger partial charge is 0.267 e. The van der Waals surface area contributed by atoms with Crippen LogP contribution >= 0.6 is 0 Å². The lowest BCUT2D eigenvalue weighted by atomic mass is 10.1. The van der Waals surface area contributed by atoms with Crippen LogP contribution in [0.3, 0.4) is 0 Å². The maximum Gasteiger partial charge on any atom is 0.277 e. The van der Waals surface area contributed by atoms with Gasteiger partial charge >= 0.3 is 0 Å². The van der Waals surface area contributed by atoms with E-state index in [1.165, 1.54) is 31.1 Å². The molecule has 4 aromatic heterocycles. The predicted octanol–water partition coefficient (Wildman–Crippen LogP) is -0.398. The van der Waals surface area contributed by atoms with Gasteiger partial charge in [0, 0.05) is 0 Å². The van der Waals surface area contributed by atoms with Gasteiger partial charge in [-0.2, -0.15) is 30.0 Å². The van der Waals surface area contributed by atoms with Crippen LogP contribution in [0.2, 0.25) is 0 Å². The minimum absolute atomic E-state index is 0.299. The van der Waals surface area contributed by atoms with E-state index in [4.69, 9.17) is 0 Å². The molecule has 5 aromatic rings. The average molecular weight is 434 g/mol. The third kappa shape index (κ3) is 3.40. The van der Waals surface area contributed by atoms with Gasteiger partial charge in [0.2, 0.25) is 0 Å². The van der Waals surface area contributed by atoms with Crippen molar-refractivity contribution in [3.8, 4) is 0 Å². The lowest BCUT2D eigenvalue weighted by molar-refractivity contribution is 0.357. The van der Waals surface area contributed by atoms with E-state index in [9.17, 15) is 9.59 Å². The van der Waals surface area contributed by atoms with E-state index in [2.05, 4.69) is 41.0 Å². The summed E-state index contributed by atoms with van der Waals surface area (Å²) in [6.07, 6.45) is 6.24. The van der Waals surface area contributed by atoms with Crippen LogP contribution in [0.15, 0.2) is 46.5 Å². The van der Waals surface area contributed by atoms with Gasteiger partial charge in [0.05, 0.1) is 60.7 Å². The summed E-state index contributed by atoms with van der Waals surface area (Å²) < 4.78 is 2.54. The summed E-state index contributed by atoms with van der Waals surface area (Å²) in [5.41, 5.74) is -0.0799. The van der Waals surface area contributed by atoms with Crippen molar-refractivity contribution in [2.24, 2.45) is 0 Å². The van der Waals surface area contributed by atoms with E-state index >= 15 is 0 Å². The van der Waals surface area contributed by atoms with Gasteiger partial charge in [-0.15, -0.1) is 10.2 Å². The van der Waals surface area contributed by atoms with Crippen LogP contribution in [-0.4, -0.2) is 60.0 Å². The highest BCUT2D eigenvalue weighted by molar-refractivity contribution is 5.93. The Morgan fingerprint density at radius 2 is 1.06 bits per heavy atom. The lowest BCUT2D eigenvalue weighted by Crippen LogP contribution is -2.31. The molecule has 0 aliphatic rings. The number of benzene rings is 1. The Labute approximate surface area is 179 Å². The molecule has 0 bridgehead atoms. The van der Waals surface area contributed by atoms with Crippen molar-refractivity contribution in [3.05, 3.63) is 57.6 Å². The second-order valence-electron chi connectivity index (χ2n) is 7.43. The van der Waals surface area contributed by atoms with Crippen molar-refractivity contribution in [1.29, 1.82) is 0 Å². The fourth-order valence-corrected chi connectivity index (χ4v) is 3.48. The summed E-state index contributed by atoms with van der Waals surface area (Å²) in [4.78, 5) is 29.0. The minimum Gasteiger partial charge on any atom is -0.267 e. The fourth-order valence-electron chi connectivity index (χ4n) is 3.48. The van der Waals surface area contributed by atoms with Crippen molar-refractivity contribution in [3.63, 3.8) is 0 Å². The molecule has 0 radical (unpaired) electrons. The van der Waals surface area contributed by atoms with Crippen LogP contribution in [0.25, 0.3) is 21.8 Å². The molecule has 0 saturated carbocycles. The van der Waals surface area contributed by atoms with Gasteiger partial charge in [-0.25, -0.2) is 9.36 Å². The maximum absolute atomic E-state index is 13.0. The molecular formula is C18H18N12O2. The first-order valence-electron chi connectivity index (χ1n) is 9.88. The molecule has 0 fully saturated rings. The Bertz CT molecular complexity index is 1390. The molecule has 0 amide bonds. The van der Waals surface area contributed by atoms with Crippen molar-refractivity contribution >= 4 is 21.8 Å². The van der Waals surface area contributed by atoms with E-state index in [-0.39, 0.29) is 23.2 Å². The number of aromatic nitrogens is 12. The predicted molar refractivity (Wildman–Crippen MR) is 111 cm³/mol. The number of hydrogen-bond acceptors (Lipinski definition) is 10. The lowest BCUT2D eigenvalue weighted by Gasteiger charge is -2.14. The van der Waals surface area contributed by atoms with Gasteiger partial charge < -0.3 is 0 Å². The summed E-state index contributed by atoms with van der Waals surface area (Å²) in [5, 5.41) is 33.2. The fraction of sp³-hybridized carbons (Fsp3) is 0.333. The second kappa shape index (κ2) is 7.72. The van der Waals surface area contributed by atoms with Gasteiger partial charge in [-0.05, 0) is 26.0 Å². The van der Waals surface area contributed by atoms with Gasteiger partial charge in [0.1, 0.15) is 11.0 Å². The van der Waals surface area contributed by atoms with Crippen LogP contribution in [-0.2, 0) is 13.1 Å². The van der Waals surface area contributed by atoms with Gasteiger partial charge in [0.15, 0.2) is 0 Å². The molecule has 1 aromatic carbocycles. The Morgan fingerprint density at radius 3 is 1.44 bits per heavy atom. The number of rotatable bonds is 6. The van der Waals surface area contributed by atoms with Crippen LogP contribution in [0, 0.1) is 0 Å². The van der Waals surface area contributed by atoms with Crippen LogP contribution in [0.4, 0.5) is 0 Å². The van der Waals surface area contributed by atoms with Gasteiger partial charge in [0.25, 0.3) is 11.1 Å². The van der Waals surface area contributed by atoms with E-state index in [1.807, 2.05) is 13.8 Å². The number of hydrogen-bond donors (Lipinski definition) is 0. The summed E-state index contributed by atoms with van der Waals surface area (Å²) in [5.74, 6) is 0. The normalized spacial score (nSPS) is 13.6. The third-order valence-electron chi connectivity index (χ3n) is 5.11. The van der Waals surface area contributed by atoms with E-state index < -0.39 is 0 Å². The van der Waals surface area contributed by atoms with Crippen LogP contribution in [0.5, 0.6) is 0 Å². The Kier molecular flexibility index (Phi) is 4.73. The zero-order valence-corrected chi connectivity index (χ0v) is 17.2. The highest BCUT2D eigenvalue weighted by Crippen LogP contribution is 2.15. The Balaban J connectivity index is 1.54. The van der Waals surface area contributed by atoms with E-state index in [0.717, 1.165) is 0 Å². The van der Waals surface area contributed by atoms with Crippen molar-refractivity contribution in [2.75, 3.05) is 0 Å². The summed E-state index contributed by atoms with van der Waals surface area (Å²) in [7, 11) is 0. The molecule has 5 rings (SSSR count).